The number of nitrogens with one attached hydrogen (secondary N) is 3. The van der Waals surface area contributed by atoms with Crippen molar-refractivity contribution in [3.63, 3.8) is 0 Å². The summed E-state index contributed by atoms with van der Waals surface area (Å²) in [6.45, 7) is 5.06. The van der Waals surface area contributed by atoms with Crippen LogP contribution in [0.1, 0.15) is 26.7 Å². The van der Waals surface area contributed by atoms with Gasteiger partial charge in [0.1, 0.15) is 11.1 Å². The summed E-state index contributed by atoms with van der Waals surface area (Å²) in [5, 5.41) is 44.9. The summed E-state index contributed by atoms with van der Waals surface area (Å²) in [7, 11) is 1.88. The van der Waals surface area contributed by atoms with Crippen LogP contribution in [0.15, 0.2) is 74.1 Å². The van der Waals surface area contributed by atoms with Crippen LogP contribution in [0.3, 0.4) is 0 Å². The van der Waals surface area contributed by atoms with E-state index in [1.807, 2.05) is 43.4 Å². The first-order chi connectivity index (χ1) is 29.1. The van der Waals surface area contributed by atoms with Gasteiger partial charge in [-0.05, 0) is 19.1 Å². The molecule has 2 saturated heterocycles. The van der Waals surface area contributed by atoms with Crippen LogP contribution in [0.25, 0.3) is 22.5 Å². The smallest absolute Gasteiger partial charge is 0.232 e. The molecule has 6 aromatic rings. The summed E-state index contributed by atoms with van der Waals surface area (Å²) in [5.41, 5.74) is 3.74. The number of halogens is 1. The molecular weight excluding hydrogens is 848 g/mol. The van der Waals surface area contributed by atoms with Crippen LogP contribution in [0.2, 0.25) is 0 Å². The summed E-state index contributed by atoms with van der Waals surface area (Å²) in [6.07, 6.45) is 18.2. The van der Waals surface area contributed by atoms with Crippen molar-refractivity contribution in [2.45, 2.75) is 37.8 Å². The third-order valence-corrected chi connectivity index (χ3v) is 12.8. The summed E-state index contributed by atoms with van der Waals surface area (Å²) in [6, 6.07) is 8.02. The molecule has 0 saturated carbocycles. The highest BCUT2D eigenvalue weighted by molar-refractivity contribution is 8.13. The van der Waals surface area contributed by atoms with E-state index >= 15 is 0 Å². The fourth-order valence-electron chi connectivity index (χ4n) is 6.22. The number of hydrogen-bond donors (Lipinski definition) is 3. The maximum Gasteiger partial charge on any atom is 0.232 e. The minimum Gasteiger partial charge on any atom is -0.321 e. The second kappa shape index (κ2) is 18.5. The lowest BCUT2D eigenvalue weighted by Crippen LogP contribution is -2.64. The van der Waals surface area contributed by atoms with E-state index in [4.69, 9.17) is 5.26 Å². The molecule has 8 heterocycles. The van der Waals surface area contributed by atoms with E-state index < -0.39 is 24.6 Å². The molecule has 0 aromatic carbocycles. The van der Waals surface area contributed by atoms with E-state index in [1.165, 1.54) is 11.2 Å². The van der Waals surface area contributed by atoms with Crippen LogP contribution in [0.5, 0.6) is 0 Å². The van der Waals surface area contributed by atoms with Crippen LogP contribution in [0.4, 0.5) is 23.3 Å². The minimum atomic E-state index is -3.29. The van der Waals surface area contributed by atoms with Gasteiger partial charge in [0.2, 0.25) is 31.0 Å². The molecular formula is C36H43ClN18O4S2. The highest BCUT2D eigenvalue weighted by Crippen LogP contribution is 2.35. The van der Waals surface area contributed by atoms with Crippen molar-refractivity contribution in [2.75, 3.05) is 48.3 Å². The average molecular weight is 891 g/mol. The number of rotatable bonds is 13. The van der Waals surface area contributed by atoms with Gasteiger partial charge in [-0.1, -0.05) is 6.92 Å². The molecule has 61 heavy (non-hydrogen) atoms. The molecule has 2 aliphatic heterocycles. The molecule has 6 aromatic heterocycles. The van der Waals surface area contributed by atoms with Crippen molar-refractivity contribution >= 4 is 53.0 Å². The molecule has 8 rings (SSSR count). The fraction of sp³-hybridized carbons (Fsp3) is 0.389. The topological polar surface area (TPSA) is 278 Å². The maximum absolute atomic E-state index is 12.1. The first-order valence-electron chi connectivity index (χ1n) is 18.7. The third kappa shape index (κ3) is 10.7. The maximum atomic E-state index is 12.1. The van der Waals surface area contributed by atoms with Crippen LogP contribution in [-0.4, -0.2) is 118 Å². The Morgan fingerprint density at radius 1 is 0.721 bits per heavy atom. The number of aryl methyl sites for hydroxylation is 2. The number of aromatic nitrogens is 12. The number of sulfonamides is 1. The van der Waals surface area contributed by atoms with Gasteiger partial charge in [0, 0.05) is 99.3 Å². The monoisotopic (exact) mass is 890 g/mol. The predicted octanol–water partition coefficient (Wildman–Crippen LogP) is 2.70. The average Bonchev–Trinajstić information content (AvgIpc) is 4.04. The fourth-order valence-corrected chi connectivity index (χ4v) is 7.46. The van der Waals surface area contributed by atoms with Gasteiger partial charge in [-0.2, -0.15) is 35.2 Å². The van der Waals surface area contributed by atoms with Gasteiger partial charge in [0.15, 0.2) is 0 Å². The molecule has 0 amide bonds. The van der Waals surface area contributed by atoms with Crippen molar-refractivity contribution in [1.82, 2.24) is 68.7 Å². The van der Waals surface area contributed by atoms with Crippen molar-refractivity contribution in [2.24, 2.45) is 14.1 Å². The Balaban J connectivity index is 0.000000182. The highest BCUT2D eigenvalue weighted by atomic mass is 35.7. The van der Waals surface area contributed by atoms with E-state index in [9.17, 15) is 22.1 Å². The summed E-state index contributed by atoms with van der Waals surface area (Å²) in [4.78, 5) is 17.5. The molecule has 0 aliphatic carbocycles. The number of hydrogen-bond acceptors (Lipinski definition) is 17. The number of nitrogens with zero attached hydrogens (tertiary/aromatic N) is 15. The van der Waals surface area contributed by atoms with Gasteiger partial charge in [0.25, 0.3) is 0 Å². The predicted molar refractivity (Wildman–Crippen MR) is 225 cm³/mol. The van der Waals surface area contributed by atoms with Crippen molar-refractivity contribution in [1.29, 1.82) is 10.5 Å². The van der Waals surface area contributed by atoms with Crippen molar-refractivity contribution < 1.29 is 16.8 Å². The molecule has 0 radical (unpaired) electrons. The van der Waals surface area contributed by atoms with Crippen LogP contribution in [0, 0.1) is 22.7 Å². The molecule has 25 heteroatoms. The quantitative estimate of drug-likeness (QED) is 0.141. The van der Waals surface area contributed by atoms with Crippen LogP contribution >= 0.6 is 10.7 Å². The Bertz CT molecular complexity index is 2760. The molecule has 0 atom stereocenters. The lowest BCUT2D eigenvalue weighted by molar-refractivity contribution is 0.0719. The largest absolute Gasteiger partial charge is 0.321 e. The van der Waals surface area contributed by atoms with E-state index in [0.29, 0.717) is 24.0 Å². The first kappa shape index (κ1) is 44.2. The standard InChI is InChI=1S/C18H21N9O2S.C16H17N9.C2H5ClO2S/c1-3-30(28,29)26-12-18(13-26,5-6-19)27-10-14(8-22-27)16-4-7-20-17(24-16)23-15-9-21-25(2)11-15;1-24-9-13(7-20-24)22-15-19-5-2-14(23-15)12-6-21-25(8-12)16(3-4-17)10-18-11-16;1-2-6(3,4)5/h4,7-11H,3,5,12-13H2,1-2H3,(H,20,23,24);2,5-9,18H,3,10-11H2,1H3,(H,19,22,23);2H2,1H3. The summed E-state index contributed by atoms with van der Waals surface area (Å²) in [5.74, 6) is 0.960. The van der Waals surface area contributed by atoms with Gasteiger partial charge < -0.3 is 16.0 Å². The zero-order chi connectivity index (χ0) is 43.8. The van der Waals surface area contributed by atoms with Gasteiger partial charge in [-0.3, -0.25) is 18.7 Å². The Morgan fingerprint density at radius 3 is 1.56 bits per heavy atom. The van der Waals surface area contributed by atoms with Crippen molar-refractivity contribution in [3.05, 3.63) is 74.1 Å². The van der Waals surface area contributed by atoms with Gasteiger partial charge in [-0.15, -0.1) is 0 Å². The number of anilines is 4. The molecule has 2 fully saturated rings. The second-order valence-corrected chi connectivity index (χ2v) is 19.5. The normalized spacial score (nSPS) is 15.3. The van der Waals surface area contributed by atoms with E-state index in [-0.39, 0.29) is 36.6 Å². The molecule has 22 nitrogen and oxygen atoms in total. The molecule has 3 N–H and O–H groups in total. The highest BCUT2D eigenvalue weighted by Gasteiger charge is 2.49. The van der Waals surface area contributed by atoms with Crippen molar-refractivity contribution in [3.8, 4) is 34.7 Å². The zero-order valence-corrected chi connectivity index (χ0v) is 36.0. The zero-order valence-electron chi connectivity index (χ0n) is 33.6. The van der Waals surface area contributed by atoms with E-state index in [0.717, 1.165) is 41.3 Å². The van der Waals surface area contributed by atoms with E-state index in [2.05, 4.69) is 79.1 Å². The summed E-state index contributed by atoms with van der Waals surface area (Å²) < 4.78 is 52.1. The van der Waals surface area contributed by atoms with Gasteiger partial charge >= 0.3 is 0 Å². The van der Waals surface area contributed by atoms with E-state index in [1.54, 1.807) is 70.4 Å². The molecule has 0 spiro atoms. The molecule has 2 aliphatic rings. The third-order valence-electron chi connectivity index (χ3n) is 9.73. The first-order valence-corrected chi connectivity index (χ1v) is 22.8. The second-order valence-electron chi connectivity index (χ2n) is 14.2. The SMILES string of the molecule is CCS(=O)(=O)Cl.CCS(=O)(=O)N1CC(CC#N)(n2cc(-c3ccnc(Nc4cnn(C)c4)n3)cn2)C1.Cn1cc(Nc2nccc(-c3cnn(C4(CC#N)CNC4)c3)n2)cn1. The summed E-state index contributed by atoms with van der Waals surface area (Å²) >= 11 is 0. The van der Waals surface area contributed by atoms with Crippen LogP contribution in [-0.2, 0) is 44.2 Å². The Morgan fingerprint density at radius 2 is 1.18 bits per heavy atom. The minimum absolute atomic E-state index is 0.00849. The molecule has 0 unspecified atom stereocenters. The van der Waals surface area contributed by atoms with Crippen LogP contribution < -0.4 is 16.0 Å². The Kier molecular flexibility index (Phi) is 13.4. The van der Waals surface area contributed by atoms with Gasteiger partial charge in [0.05, 0.1) is 84.0 Å². The Labute approximate surface area is 356 Å². The lowest BCUT2D eigenvalue weighted by atomic mass is 9.89. The lowest BCUT2D eigenvalue weighted by Gasteiger charge is -2.47. The Hall–Kier alpha value is -6.31. The van der Waals surface area contributed by atoms with Gasteiger partial charge in [-0.25, -0.2) is 36.8 Å². The molecule has 0 bridgehead atoms. The number of nitriles is 2. The molecule has 320 valence electrons.